The number of aromatic nitrogens is 2. The van der Waals surface area contributed by atoms with Gasteiger partial charge in [0.1, 0.15) is 6.61 Å². The summed E-state index contributed by atoms with van der Waals surface area (Å²) in [4.78, 5) is 4.28. The zero-order chi connectivity index (χ0) is 12.8. The molecule has 102 valence electrons. The van der Waals surface area contributed by atoms with Crippen LogP contribution in [0.5, 0.6) is 0 Å². The van der Waals surface area contributed by atoms with Gasteiger partial charge in [-0.1, -0.05) is 25.4 Å². The molecule has 5 nitrogen and oxygen atoms in total. The fourth-order valence-electron chi connectivity index (χ4n) is 2.12. The van der Waals surface area contributed by atoms with Crippen molar-refractivity contribution >= 4 is 0 Å². The maximum atomic E-state index is 5.59. The van der Waals surface area contributed by atoms with Crippen molar-refractivity contribution in [3.8, 4) is 0 Å². The normalized spacial score (nSPS) is 20.5. The van der Waals surface area contributed by atoms with Crippen molar-refractivity contribution in [1.82, 2.24) is 15.5 Å². The van der Waals surface area contributed by atoms with E-state index in [4.69, 9.17) is 9.26 Å². The number of rotatable bonds is 6. The van der Waals surface area contributed by atoms with Crippen LogP contribution in [0.15, 0.2) is 4.52 Å². The van der Waals surface area contributed by atoms with Gasteiger partial charge in [-0.05, 0) is 25.8 Å². The summed E-state index contributed by atoms with van der Waals surface area (Å²) in [5.41, 5.74) is 0. The van der Waals surface area contributed by atoms with Gasteiger partial charge in [0, 0.05) is 18.6 Å². The topological polar surface area (TPSA) is 60.2 Å². The van der Waals surface area contributed by atoms with Crippen LogP contribution in [0.4, 0.5) is 0 Å². The first-order valence-electron chi connectivity index (χ1n) is 6.89. The summed E-state index contributed by atoms with van der Waals surface area (Å²) in [6, 6.07) is 0.621. The van der Waals surface area contributed by atoms with Crippen molar-refractivity contribution in [2.45, 2.75) is 58.1 Å². The molecule has 1 atom stereocenters. The molecule has 1 aromatic heterocycles. The minimum atomic E-state index is 0.276. The molecular formula is C13H23N3O2. The van der Waals surface area contributed by atoms with Gasteiger partial charge in [-0.25, -0.2) is 0 Å². The average molecular weight is 253 g/mol. The van der Waals surface area contributed by atoms with Crippen LogP contribution in [-0.4, -0.2) is 29.3 Å². The number of ether oxygens (including phenoxy) is 1. The van der Waals surface area contributed by atoms with Gasteiger partial charge in [0.05, 0.1) is 0 Å². The molecule has 2 rings (SSSR count). The molecule has 0 amide bonds. The third-order valence-electron chi connectivity index (χ3n) is 3.23. The summed E-state index contributed by atoms with van der Waals surface area (Å²) in [6.45, 7) is 6.42. The van der Waals surface area contributed by atoms with Gasteiger partial charge in [0.2, 0.25) is 5.89 Å². The highest BCUT2D eigenvalue weighted by Gasteiger charge is 2.13. The number of nitrogens with one attached hydrogen (secondary N) is 1. The zero-order valence-corrected chi connectivity index (χ0v) is 11.3. The second kappa shape index (κ2) is 6.85. The second-order valence-electron chi connectivity index (χ2n) is 5.19. The molecule has 2 heterocycles. The van der Waals surface area contributed by atoms with E-state index in [-0.39, 0.29) is 5.92 Å². The standard InChI is InChI=1S/C13H23N3O2/c1-10(2)13-15-12(16-18-13)9-17-8-6-11-5-3-4-7-14-11/h10-11,14H,3-9H2,1-2H3. The average Bonchev–Trinajstić information content (AvgIpc) is 2.85. The van der Waals surface area contributed by atoms with Crippen LogP contribution in [0.1, 0.15) is 57.2 Å². The number of piperidine rings is 1. The lowest BCUT2D eigenvalue weighted by molar-refractivity contribution is 0.102. The van der Waals surface area contributed by atoms with Crippen LogP contribution >= 0.6 is 0 Å². The van der Waals surface area contributed by atoms with E-state index in [1.807, 2.05) is 13.8 Å². The van der Waals surface area contributed by atoms with Gasteiger partial charge in [-0.3, -0.25) is 0 Å². The van der Waals surface area contributed by atoms with Crippen LogP contribution in [0.25, 0.3) is 0 Å². The van der Waals surface area contributed by atoms with Gasteiger partial charge >= 0.3 is 0 Å². The van der Waals surface area contributed by atoms with E-state index < -0.39 is 0 Å². The second-order valence-corrected chi connectivity index (χ2v) is 5.19. The Morgan fingerprint density at radius 1 is 1.44 bits per heavy atom. The molecule has 1 saturated heterocycles. The van der Waals surface area contributed by atoms with Crippen LogP contribution in [0.3, 0.4) is 0 Å². The lowest BCUT2D eigenvalue weighted by Gasteiger charge is -2.22. The zero-order valence-electron chi connectivity index (χ0n) is 11.3. The van der Waals surface area contributed by atoms with E-state index in [9.17, 15) is 0 Å². The SMILES string of the molecule is CC(C)c1nc(COCCC2CCCCN2)no1. The summed E-state index contributed by atoms with van der Waals surface area (Å²) < 4.78 is 10.7. The number of hydrogen-bond acceptors (Lipinski definition) is 5. The molecule has 0 spiro atoms. The molecule has 0 aromatic carbocycles. The van der Waals surface area contributed by atoms with E-state index in [2.05, 4.69) is 15.5 Å². The number of hydrogen-bond donors (Lipinski definition) is 1. The maximum absolute atomic E-state index is 5.59. The molecule has 0 saturated carbocycles. The van der Waals surface area contributed by atoms with Crippen LogP contribution < -0.4 is 5.32 Å². The first-order chi connectivity index (χ1) is 8.75. The Kier molecular flexibility index (Phi) is 5.13. The van der Waals surface area contributed by atoms with Crippen LogP contribution in [0.2, 0.25) is 0 Å². The van der Waals surface area contributed by atoms with Gasteiger partial charge in [0.25, 0.3) is 0 Å². The predicted molar refractivity (Wildman–Crippen MR) is 68.3 cm³/mol. The lowest BCUT2D eigenvalue weighted by atomic mass is 10.0. The van der Waals surface area contributed by atoms with Crippen molar-refractivity contribution in [2.24, 2.45) is 0 Å². The molecule has 1 fully saturated rings. The highest BCUT2D eigenvalue weighted by Crippen LogP contribution is 2.12. The minimum absolute atomic E-state index is 0.276. The van der Waals surface area contributed by atoms with Gasteiger partial charge < -0.3 is 14.6 Å². The first kappa shape index (κ1) is 13.5. The molecule has 1 aliphatic heterocycles. The third-order valence-corrected chi connectivity index (χ3v) is 3.23. The third kappa shape index (κ3) is 4.07. The Bertz CT molecular complexity index is 346. The summed E-state index contributed by atoms with van der Waals surface area (Å²) >= 11 is 0. The Labute approximate surface area is 108 Å². The Hall–Kier alpha value is -0.940. The molecule has 1 N–H and O–H groups in total. The Balaban J connectivity index is 1.62. The molecular weight excluding hydrogens is 230 g/mol. The monoisotopic (exact) mass is 253 g/mol. The first-order valence-corrected chi connectivity index (χ1v) is 6.89. The molecule has 5 heteroatoms. The fourth-order valence-corrected chi connectivity index (χ4v) is 2.12. The van der Waals surface area contributed by atoms with Crippen LogP contribution in [0, 0.1) is 0 Å². The molecule has 0 aliphatic carbocycles. The Morgan fingerprint density at radius 2 is 2.33 bits per heavy atom. The number of nitrogens with zero attached hydrogens (tertiary/aromatic N) is 2. The van der Waals surface area contributed by atoms with E-state index in [1.54, 1.807) is 0 Å². The molecule has 0 bridgehead atoms. The highest BCUT2D eigenvalue weighted by molar-refractivity contribution is 4.89. The van der Waals surface area contributed by atoms with Crippen molar-refractivity contribution in [3.63, 3.8) is 0 Å². The largest absolute Gasteiger partial charge is 0.373 e. The minimum Gasteiger partial charge on any atom is -0.373 e. The molecule has 1 aliphatic rings. The molecule has 1 unspecified atom stereocenters. The van der Waals surface area contributed by atoms with E-state index in [0.29, 0.717) is 24.4 Å². The van der Waals surface area contributed by atoms with Crippen LogP contribution in [-0.2, 0) is 11.3 Å². The fraction of sp³-hybridized carbons (Fsp3) is 0.846. The van der Waals surface area contributed by atoms with Gasteiger partial charge in [0.15, 0.2) is 5.82 Å². The van der Waals surface area contributed by atoms with Crippen molar-refractivity contribution in [2.75, 3.05) is 13.2 Å². The Morgan fingerprint density at radius 3 is 3.00 bits per heavy atom. The van der Waals surface area contributed by atoms with Gasteiger partial charge in [-0.15, -0.1) is 0 Å². The van der Waals surface area contributed by atoms with E-state index >= 15 is 0 Å². The van der Waals surface area contributed by atoms with Crippen molar-refractivity contribution < 1.29 is 9.26 Å². The molecule has 1 aromatic rings. The summed E-state index contributed by atoms with van der Waals surface area (Å²) in [5, 5.41) is 7.40. The predicted octanol–water partition coefficient (Wildman–Crippen LogP) is 2.24. The smallest absolute Gasteiger partial charge is 0.229 e. The molecule has 0 radical (unpaired) electrons. The quantitative estimate of drug-likeness (QED) is 0.788. The van der Waals surface area contributed by atoms with Gasteiger partial charge in [-0.2, -0.15) is 4.98 Å². The van der Waals surface area contributed by atoms with Crippen molar-refractivity contribution in [3.05, 3.63) is 11.7 Å². The maximum Gasteiger partial charge on any atom is 0.229 e. The summed E-state index contributed by atoms with van der Waals surface area (Å²) in [6.07, 6.45) is 4.97. The highest BCUT2D eigenvalue weighted by atomic mass is 16.5. The molecule has 18 heavy (non-hydrogen) atoms. The summed E-state index contributed by atoms with van der Waals surface area (Å²) in [5.74, 6) is 1.61. The lowest BCUT2D eigenvalue weighted by Crippen LogP contribution is -2.34. The summed E-state index contributed by atoms with van der Waals surface area (Å²) in [7, 11) is 0. The van der Waals surface area contributed by atoms with E-state index in [1.165, 1.54) is 19.3 Å². The van der Waals surface area contributed by atoms with E-state index in [0.717, 1.165) is 19.6 Å². The van der Waals surface area contributed by atoms with Crippen molar-refractivity contribution in [1.29, 1.82) is 0 Å².